The molecule has 0 aliphatic heterocycles. The average molecular weight is 287 g/mol. The third-order valence-electron chi connectivity index (χ3n) is 3.12. The molecule has 2 rings (SSSR count). The number of guanidine groups is 1. The Labute approximate surface area is 124 Å². The number of nitrogens with zero attached hydrogens (tertiary/aromatic N) is 2. The highest BCUT2D eigenvalue weighted by Crippen LogP contribution is 2.19. The van der Waals surface area contributed by atoms with Gasteiger partial charge in [0, 0.05) is 25.4 Å². The summed E-state index contributed by atoms with van der Waals surface area (Å²) in [5.41, 5.74) is 3.27. The molecule has 0 saturated carbocycles. The van der Waals surface area contributed by atoms with Crippen LogP contribution in [0.1, 0.15) is 16.8 Å². The zero-order chi connectivity index (χ0) is 15.1. The van der Waals surface area contributed by atoms with Crippen LogP contribution in [0.2, 0.25) is 0 Å². The molecule has 0 saturated heterocycles. The fourth-order valence-electron chi connectivity index (χ4n) is 1.96. The molecule has 0 atom stereocenters. The highest BCUT2D eigenvalue weighted by molar-refractivity contribution is 5.79. The highest BCUT2D eigenvalue weighted by Gasteiger charge is 2.05. The molecule has 0 unspecified atom stereocenters. The van der Waals surface area contributed by atoms with Crippen LogP contribution in [0, 0.1) is 6.92 Å². The summed E-state index contributed by atoms with van der Waals surface area (Å²) in [5, 5.41) is 13.3. The van der Waals surface area contributed by atoms with E-state index >= 15 is 0 Å². The Hall–Kier alpha value is -2.50. The van der Waals surface area contributed by atoms with Crippen molar-refractivity contribution in [1.82, 2.24) is 20.8 Å². The van der Waals surface area contributed by atoms with E-state index in [1.54, 1.807) is 20.4 Å². The van der Waals surface area contributed by atoms with E-state index in [-0.39, 0.29) is 0 Å². The van der Waals surface area contributed by atoms with Gasteiger partial charge in [-0.05, 0) is 24.6 Å². The molecule has 6 heteroatoms. The quantitative estimate of drug-likeness (QED) is 0.577. The molecule has 0 fully saturated rings. The average Bonchev–Trinajstić information content (AvgIpc) is 3.01. The number of benzene rings is 1. The predicted molar refractivity (Wildman–Crippen MR) is 83.4 cm³/mol. The van der Waals surface area contributed by atoms with Gasteiger partial charge in [0.15, 0.2) is 5.96 Å². The van der Waals surface area contributed by atoms with Crippen molar-refractivity contribution in [1.29, 1.82) is 0 Å². The Balaban J connectivity index is 1.91. The van der Waals surface area contributed by atoms with Crippen LogP contribution in [0.4, 0.5) is 0 Å². The first-order valence-electron chi connectivity index (χ1n) is 6.79. The second-order valence-corrected chi connectivity index (χ2v) is 4.68. The van der Waals surface area contributed by atoms with Crippen LogP contribution in [0.15, 0.2) is 35.5 Å². The molecular formula is C15H21N5O. The molecule has 112 valence electrons. The summed E-state index contributed by atoms with van der Waals surface area (Å²) < 4.78 is 5.40. The lowest BCUT2D eigenvalue weighted by molar-refractivity contribution is 0.408. The minimum atomic E-state index is 0.644. The van der Waals surface area contributed by atoms with Crippen molar-refractivity contribution in [3.8, 4) is 5.75 Å². The SMILES string of the molecule is CN=C(NCc1ccn[nH]1)NCc1ccc(C)cc1OC. The second-order valence-electron chi connectivity index (χ2n) is 4.68. The lowest BCUT2D eigenvalue weighted by atomic mass is 10.1. The molecule has 1 aromatic carbocycles. The van der Waals surface area contributed by atoms with Gasteiger partial charge in [0.1, 0.15) is 5.75 Å². The van der Waals surface area contributed by atoms with Gasteiger partial charge in [0.25, 0.3) is 0 Å². The maximum Gasteiger partial charge on any atom is 0.191 e. The Morgan fingerprint density at radius 1 is 1.29 bits per heavy atom. The highest BCUT2D eigenvalue weighted by atomic mass is 16.5. The molecule has 1 aromatic heterocycles. The number of H-pyrrole nitrogens is 1. The van der Waals surface area contributed by atoms with Gasteiger partial charge in [-0.25, -0.2) is 0 Å². The van der Waals surface area contributed by atoms with Gasteiger partial charge in [-0.1, -0.05) is 12.1 Å². The van der Waals surface area contributed by atoms with Gasteiger partial charge in [-0.3, -0.25) is 10.1 Å². The predicted octanol–water partition coefficient (Wildman–Crippen LogP) is 1.59. The molecule has 0 amide bonds. The van der Waals surface area contributed by atoms with Gasteiger partial charge in [0.2, 0.25) is 0 Å². The van der Waals surface area contributed by atoms with Crippen molar-refractivity contribution in [3.63, 3.8) is 0 Å². The summed E-state index contributed by atoms with van der Waals surface area (Å²) in [6.07, 6.45) is 1.73. The van der Waals surface area contributed by atoms with E-state index in [4.69, 9.17) is 4.74 Å². The van der Waals surface area contributed by atoms with Crippen LogP contribution in [-0.4, -0.2) is 30.3 Å². The smallest absolute Gasteiger partial charge is 0.191 e. The zero-order valence-corrected chi connectivity index (χ0v) is 12.6. The molecule has 3 N–H and O–H groups in total. The molecule has 0 aliphatic carbocycles. The number of hydrogen-bond acceptors (Lipinski definition) is 3. The maximum absolute atomic E-state index is 5.40. The molecule has 0 radical (unpaired) electrons. The van der Waals surface area contributed by atoms with Gasteiger partial charge < -0.3 is 15.4 Å². The number of hydrogen-bond donors (Lipinski definition) is 3. The standard InChI is InChI=1S/C15H21N5O/c1-11-4-5-12(14(8-11)21-3)9-17-15(16-2)18-10-13-6-7-19-20-13/h4-8H,9-10H2,1-3H3,(H,19,20)(H2,16,17,18). The fraction of sp³-hybridized carbons (Fsp3) is 0.333. The van der Waals surface area contributed by atoms with Crippen molar-refractivity contribution in [2.45, 2.75) is 20.0 Å². The number of rotatable bonds is 5. The number of methoxy groups -OCH3 is 1. The molecule has 0 aliphatic rings. The summed E-state index contributed by atoms with van der Waals surface area (Å²) in [4.78, 5) is 4.19. The van der Waals surface area contributed by atoms with Crippen molar-refractivity contribution in [2.24, 2.45) is 4.99 Å². The molecule has 0 bridgehead atoms. The van der Waals surface area contributed by atoms with Crippen LogP contribution in [0.25, 0.3) is 0 Å². The monoisotopic (exact) mass is 287 g/mol. The summed E-state index contributed by atoms with van der Waals surface area (Å²) in [5.74, 6) is 1.61. The van der Waals surface area contributed by atoms with Crippen molar-refractivity contribution < 1.29 is 4.74 Å². The number of aryl methyl sites for hydroxylation is 1. The summed E-state index contributed by atoms with van der Waals surface area (Å²) in [7, 11) is 3.43. The van der Waals surface area contributed by atoms with E-state index < -0.39 is 0 Å². The summed E-state index contributed by atoms with van der Waals surface area (Å²) in [6.45, 7) is 3.33. The number of aliphatic imine (C=N–C) groups is 1. The second kappa shape index (κ2) is 7.33. The van der Waals surface area contributed by atoms with Crippen molar-refractivity contribution in [2.75, 3.05) is 14.2 Å². The largest absolute Gasteiger partial charge is 0.496 e. The van der Waals surface area contributed by atoms with Crippen LogP contribution in [0.5, 0.6) is 5.75 Å². The van der Waals surface area contributed by atoms with Gasteiger partial charge in [0.05, 0.1) is 19.3 Å². The Morgan fingerprint density at radius 3 is 2.76 bits per heavy atom. The Kier molecular flexibility index (Phi) is 5.20. The zero-order valence-electron chi connectivity index (χ0n) is 12.6. The normalized spacial score (nSPS) is 11.3. The summed E-state index contributed by atoms with van der Waals surface area (Å²) in [6, 6.07) is 8.07. The van der Waals surface area contributed by atoms with Crippen LogP contribution in [0.3, 0.4) is 0 Å². The minimum Gasteiger partial charge on any atom is -0.496 e. The lowest BCUT2D eigenvalue weighted by Gasteiger charge is -2.13. The number of aromatic amines is 1. The van der Waals surface area contributed by atoms with Gasteiger partial charge >= 0.3 is 0 Å². The number of nitrogens with one attached hydrogen (secondary N) is 3. The van der Waals surface area contributed by atoms with Gasteiger partial charge in [-0.2, -0.15) is 5.10 Å². The van der Waals surface area contributed by atoms with Crippen LogP contribution in [-0.2, 0) is 13.1 Å². The fourth-order valence-corrected chi connectivity index (χ4v) is 1.96. The molecular weight excluding hydrogens is 266 g/mol. The van der Waals surface area contributed by atoms with Crippen molar-refractivity contribution in [3.05, 3.63) is 47.3 Å². The molecule has 0 spiro atoms. The first kappa shape index (κ1) is 14.9. The molecule has 1 heterocycles. The van der Waals surface area contributed by atoms with E-state index in [1.807, 2.05) is 19.1 Å². The van der Waals surface area contributed by atoms with E-state index in [0.717, 1.165) is 23.0 Å². The third kappa shape index (κ3) is 4.24. The summed E-state index contributed by atoms with van der Waals surface area (Å²) >= 11 is 0. The Morgan fingerprint density at radius 2 is 2.10 bits per heavy atom. The van der Waals surface area contributed by atoms with Crippen LogP contribution >= 0.6 is 0 Å². The van der Waals surface area contributed by atoms with E-state index in [0.29, 0.717) is 13.1 Å². The molecule has 6 nitrogen and oxygen atoms in total. The first-order valence-corrected chi connectivity index (χ1v) is 6.79. The topological polar surface area (TPSA) is 74.3 Å². The van der Waals surface area contributed by atoms with E-state index in [2.05, 4.69) is 38.0 Å². The first-order chi connectivity index (χ1) is 10.2. The Bertz CT molecular complexity index is 592. The minimum absolute atomic E-state index is 0.644. The maximum atomic E-state index is 5.40. The van der Waals surface area contributed by atoms with Crippen LogP contribution < -0.4 is 15.4 Å². The molecule has 2 aromatic rings. The van der Waals surface area contributed by atoms with E-state index in [9.17, 15) is 0 Å². The van der Waals surface area contributed by atoms with Gasteiger partial charge in [-0.15, -0.1) is 0 Å². The lowest BCUT2D eigenvalue weighted by Crippen LogP contribution is -2.36. The number of ether oxygens (including phenoxy) is 1. The number of aromatic nitrogens is 2. The third-order valence-corrected chi connectivity index (χ3v) is 3.12. The van der Waals surface area contributed by atoms with Crippen molar-refractivity contribution >= 4 is 5.96 Å². The van der Waals surface area contributed by atoms with E-state index in [1.165, 1.54) is 5.56 Å². The molecule has 21 heavy (non-hydrogen) atoms.